The van der Waals surface area contributed by atoms with E-state index in [0.29, 0.717) is 25.3 Å². The molecular formula is C15H18N4O. The number of hydrogen-bond acceptors (Lipinski definition) is 4. The van der Waals surface area contributed by atoms with Gasteiger partial charge in [0, 0.05) is 25.5 Å². The highest BCUT2D eigenvalue weighted by molar-refractivity contribution is 5.78. The van der Waals surface area contributed by atoms with Crippen LogP contribution in [0.5, 0.6) is 0 Å². The van der Waals surface area contributed by atoms with E-state index >= 15 is 0 Å². The highest BCUT2D eigenvalue weighted by Crippen LogP contribution is 2.07. The van der Waals surface area contributed by atoms with Gasteiger partial charge in [-0.1, -0.05) is 24.3 Å². The van der Waals surface area contributed by atoms with E-state index in [9.17, 15) is 4.79 Å². The van der Waals surface area contributed by atoms with Crippen LogP contribution in [0.25, 0.3) is 0 Å². The van der Waals surface area contributed by atoms with Crippen LogP contribution in [0.15, 0.2) is 42.9 Å². The van der Waals surface area contributed by atoms with Gasteiger partial charge in [-0.25, -0.2) is 4.98 Å². The van der Waals surface area contributed by atoms with E-state index in [-0.39, 0.29) is 5.91 Å². The monoisotopic (exact) mass is 270 g/mol. The second-order valence-electron chi connectivity index (χ2n) is 4.47. The van der Waals surface area contributed by atoms with Crippen molar-refractivity contribution in [1.82, 2.24) is 15.3 Å². The van der Waals surface area contributed by atoms with Crippen LogP contribution in [0.1, 0.15) is 11.1 Å². The molecule has 0 aliphatic rings. The first-order chi connectivity index (χ1) is 9.75. The van der Waals surface area contributed by atoms with Gasteiger partial charge in [-0.05, 0) is 18.1 Å². The number of aryl methyl sites for hydroxylation is 1. The fraction of sp³-hybridized carbons (Fsp3) is 0.267. The van der Waals surface area contributed by atoms with Crippen molar-refractivity contribution in [2.75, 3.05) is 18.4 Å². The van der Waals surface area contributed by atoms with Crippen LogP contribution >= 0.6 is 0 Å². The van der Waals surface area contributed by atoms with E-state index < -0.39 is 0 Å². The van der Waals surface area contributed by atoms with Crippen molar-refractivity contribution in [3.63, 3.8) is 0 Å². The molecule has 0 unspecified atom stereocenters. The Hall–Kier alpha value is -2.43. The summed E-state index contributed by atoms with van der Waals surface area (Å²) in [6, 6.07) is 7.91. The number of aromatic nitrogens is 2. The van der Waals surface area contributed by atoms with Crippen molar-refractivity contribution in [3.05, 3.63) is 54.0 Å². The minimum absolute atomic E-state index is 0.0280. The van der Waals surface area contributed by atoms with Gasteiger partial charge >= 0.3 is 0 Å². The second kappa shape index (κ2) is 7.23. The standard InChI is InChI=1S/C15H18N4O/c1-12-4-2-3-5-13(12)10-15(20)19-9-8-18-14-11-16-6-7-17-14/h2-7,11H,8-10H2,1H3,(H,17,18)(H,19,20). The maximum Gasteiger partial charge on any atom is 0.224 e. The molecule has 1 aromatic heterocycles. The number of carbonyl (C=O) groups excluding carboxylic acids is 1. The number of nitrogens with zero attached hydrogens (tertiary/aromatic N) is 2. The summed E-state index contributed by atoms with van der Waals surface area (Å²) in [5, 5.41) is 5.97. The molecular weight excluding hydrogens is 252 g/mol. The van der Waals surface area contributed by atoms with Gasteiger partial charge in [0.05, 0.1) is 12.6 Å². The smallest absolute Gasteiger partial charge is 0.224 e. The highest BCUT2D eigenvalue weighted by Gasteiger charge is 2.04. The maximum absolute atomic E-state index is 11.8. The number of hydrogen-bond donors (Lipinski definition) is 2. The van der Waals surface area contributed by atoms with Crippen molar-refractivity contribution >= 4 is 11.7 Å². The van der Waals surface area contributed by atoms with Crippen LogP contribution < -0.4 is 10.6 Å². The summed E-state index contributed by atoms with van der Waals surface area (Å²) < 4.78 is 0. The molecule has 2 N–H and O–H groups in total. The third kappa shape index (κ3) is 4.35. The van der Waals surface area contributed by atoms with Crippen LogP contribution in [-0.4, -0.2) is 29.0 Å². The zero-order valence-corrected chi connectivity index (χ0v) is 11.5. The topological polar surface area (TPSA) is 66.9 Å². The quantitative estimate of drug-likeness (QED) is 0.782. The molecule has 0 spiro atoms. The third-order valence-electron chi connectivity index (χ3n) is 2.93. The number of benzene rings is 1. The van der Waals surface area contributed by atoms with Gasteiger partial charge in [0.1, 0.15) is 5.82 Å². The molecule has 0 aliphatic heterocycles. The van der Waals surface area contributed by atoms with E-state index in [1.54, 1.807) is 18.6 Å². The fourth-order valence-electron chi connectivity index (χ4n) is 1.83. The number of rotatable bonds is 6. The van der Waals surface area contributed by atoms with Gasteiger partial charge in [-0.15, -0.1) is 0 Å². The van der Waals surface area contributed by atoms with Crippen LogP contribution in [0.4, 0.5) is 5.82 Å². The summed E-state index contributed by atoms with van der Waals surface area (Å²) >= 11 is 0. The molecule has 0 radical (unpaired) electrons. The Morgan fingerprint density at radius 2 is 2.05 bits per heavy atom. The van der Waals surface area contributed by atoms with Gasteiger partial charge in [0.25, 0.3) is 0 Å². The Kier molecular flexibility index (Phi) is 5.06. The molecule has 5 nitrogen and oxygen atoms in total. The van der Waals surface area contributed by atoms with E-state index in [1.165, 1.54) is 0 Å². The van der Waals surface area contributed by atoms with E-state index in [2.05, 4.69) is 20.6 Å². The van der Waals surface area contributed by atoms with Crippen molar-refractivity contribution in [2.45, 2.75) is 13.3 Å². The molecule has 0 saturated carbocycles. The Labute approximate surface area is 118 Å². The number of anilines is 1. The lowest BCUT2D eigenvalue weighted by atomic mass is 10.1. The summed E-state index contributed by atoms with van der Waals surface area (Å²) in [4.78, 5) is 19.8. The van der Waals surface area contributed by atoms with Crippen molar-refractivity contribution in [2.24, 2.45) is 0 Å². The van der Waals surface area contributed by atoms with E-state index in [0.717, 1.165) is 11.1 Å². The first-order valence-electron chi connectivity index (χ1n) is 6.57. The van der Waals surface area contributed by atoms with Crippen LogP contribution in [-0.2, 0) is 11.2 Å². The molecule has 2 rings (SSSR count). The van der Waals surface area contributed by atoms with Gasteiger partial charge in [0.2, 0.25) is 5.91 Å². The normalized spacial score (nSPS) is 10.1. The number of nitrogens with one attached hydrogen (secondary N) is 2. The predicted octanol–water partition coefficient (Wildman–Crippen LogP) is 1.56. The minimum Gasteiger partial charge on any atom is -0.367 e. The van der Waals surface area contributed by atoms with Crippen LogP contribution in [0.3, 0.4) is 0 Å². The Balaban J connectivity index is 1.69. The Morgan fingerprint density at radius 3 is 2.80 bits per heavy atom. The Bertz CT molecular complexity index is 557. The van der Waals surface area contributed by atoms with Crippen molar-refractivity contribution in [1.29, 1.82) is 0 Å². The van der Waals surface area contributed by atoms with Crippen molar-refractivity contribution < 1.29 is 4.79 Å². The zero-order chi connectivity index (χ0) is 14.2. The summed E-state index contributed by atoms with van der Waals surface area (Å²) in [6.45, 7) is 3.19. The molecule has 104 valence electrons. The van der Waals surface area contributed by atoms with Gasteiger partial charge in [0.15, 0.2) is 0 Å². The van der Waals surface area contributed by atoms with E-state index in [1.807, 2.05) is 31.2 Å². The summed E-state index contributed by atoms with van der Waals surface area (Å²) in [5.41, 5.74) is 2.20. The molecule has 20 heavy (non-hydrogen) atoms. The minimum atomic E-state index is 0.0280. The fourth-order valence-corrected chi connectivity index (χ4v) is 1.83. The SMILES string of the molecule is Cc1ccccc1CC(=O)NCCNc1cnccn1. The molecule has 0 atom stereocenters. The van der Waals surface area contributed by atoms with Gasteiger partial charge in [-0.2, -0.15) is 0 Å². The first-order valence-corrected chi connectivity index (χ1v) is 6.57. The molecule has 1 amide bonds. The lowest BCUT2D eigenvalue weighted by Crippen LogP contribution is -2.30. The lowest BCUT2D eigenvalue weighted by Gasteiger charge is -2.08. The summed E-state index contributed by atoms with van der Waals surface area (Å²) in [6.07, 6.45) is 5.31. The summed E-state index contributed by atoms with van der Waals surface area (Å²) in [7, 11) is 0. The first kappa shape index (κ1) is 14.0. The molecule has 0 aliphatic carbocycles. The van der Waals surface area contributed by atoms with Crippen LogP contribution in [0.2, 0.25) is 0 Å². The van der Waals surface area contributed by atoms with E-state index in [4.69, 9.17) is 0 Å². The molecule has 1 aromatic carbocycles. The molecule has 0 fully saturated rings. The highest BCUT2D eigenvalue weighted by atomic mass is 16.1. The number of amides is 1. The summed E-state index contributed by atoms with van der Waals surface area (Å²) in [5.74, 6) is 0.737. The largest absolute Gasteiger partial charge is 0.367 e. The zero-order valence-electron chi connectivity index (χ0n) is 11.5. The second-order valence-corrected chi connectivity index (χ2v) is 4.47. The predicted molar refractivity (Wildman–Crippen MR) is 78.4 cm³/mol. The van der Waals surface area contributed by atoms with Gasteiger partial charge in [-0.3, -0.25) is 9.78 Å². The average molecular weight is 270 g/mol. The third-order valence-corrected chi connectivity index (χ3v) is 2.93. The Morgan fingerprint density at radius 1 is 1.20 bits per heavy atom. The molecule has 5 heteroatoms. The van der Waals surface area contributed by atoms with Crippen LogP contribution in [0, 0.1) is 6.92 Å². The molecule has 2 aromatic rings. The molecule has 0 bridgehead atoms. The molecule has 0 saturated heterocycles. The number of carbonyl (C=O) groups is 1. The maximum atomic E-state index is 11.8. The molecule has 1 heterocycles. The lowest BCUT2D eigenvalue weighted by molar-refractivity contribution is -0.120. The van der Waals surface area contributed by atoms with Crippen molar-refractivity contribution in [3.8, 4) is 0 Å². The average Bonchev–Trinajstić information content (AvgIpc) is 2.47. The van der Waals surface area contributed by atoms with Gasteiger partial charge < -0.3 is 10.6 Å².